The van der Waals surface area contributed by atoms with Crippen LogP contribution in [-0.2, 0) is 11.3 Å². The maximum Gasteiger partial charge on any atom is 0.230 e. The molecule has 1 heterocycles. The molecule has 7 nitrogen and oxygen atoms in total. The van der Waals surface area contributed by atoms with Gasteiger partial charge in [-0.05, 0) is 16.8 Å². The minimum absolute atomic E-state index is 0.0262. The first-order valence-electron chi connectivity index (χ1n) is 7.02. The predicted octanol–water partition coefficient (Wildman–Crippen LogP) is 0.680. The SMILES string of the molecule is CCCCNC(=O)CSc1nnnn1CCNC(C)C. The van der Waals surface area contributed by atoms with Crippen molar-refractivity contribution in [1.82, 2.24) is 30.8 Å². The molecule has 0 aliphatic carbocycles. The quantitative estimate of drug-likeness (QED) is 0.488. The van der Waals surface area contributed by atoms with Gasteiger partial charge in [0.2, 0.25) is 11.1 Å². The number of thioether (sulfide) groups is 1. The maximum atomic E-state index is 11.6. The van der Waals surface area contributed by atoms with E-state index < -0.39 is 0 Å². The van der Waals surface area contributed by atoms with Crippen LogP contribution in [0.15, 0.2) is 5.16 Å². The lowest BCUT2D eigenvalue weighted by molar-refractivity contribution is -0.118. The van der Waals surface area contributed by atoms with Crippen molar-refractivity contribution in [3.05, 3.63) is 0 Å². The Morgan fingerprint density at radius 1 is 1.40 bits per heavy atom. The first-order chi connectivity index (χ1) is 9.63. The molecule has 1 rings (SSSR count). The van der Waals surface area contributed by atoms with Crippen LogP contribution in [0.5, 0.6) is 0 Å². The zero-order valence-electron chi connectivity index (χ0n) is 12.4. The molecule has 0 saturated heterocycles. The van der Waals surface area contributed by atoms with E-state index in [2.05, 4.69) is 46.9 Å². The van der Waals surface area contributed by atoms with Crippen molar-refractivity contribution in [3.8, 4) is 0 Å². The van der Waals surface area contributed by atoms with Crippen LogP contribution in [0.25, 0.3) is 0 Å². The molecule has 0 aliphatic rings. The Balaban J connectivity index is 2.29. The molecule has 1 aromatic heterocycles. The number of carbonyl (C=O) groups excluding carboxylic acids is 1. The average Bonchev–Trinajstić information content (AvgIpc) is 2.84. The summed E-state index contributed by atoms with van der Waals surface area (Å²) in [5.74, 6) is 0.375. The Kier molecular flexibility index (Phi) is 8.20. The molecule has 0 atom stereocenters. The minimum Gasteiger partial charge on any atom is -0.355 e. The van der Waals surface area contributed by atoms with Crippen LogP contribution in [0, 0.1) is 0 Å². The van der Waals surface area contributed by atoms with Gasteiger partial charge in [-0.25, -0.2) is 4.68 Å². The summed E-state index contributed by atoms with van der Waals surface area (Å²) in [5.41, 5.74) is 0. The molecule has 20 heavy (non-hydrogen) atoms. The van der Waals surface area contributed by atoms with Crippen LogP contribution < -0.4 is 10.6 Å². The fourth-order valence-electron chi connectivity index (χ4n) is 1.49. The number of hydrogen-bond donors (Lipinski definition) is 2. The van der Waals surface area contributed by atoms with Crippen molar-refractivity contribution < 1.29 is 4.79 Å². The number of amides is 1. The number of nitrogens with one attached hydrogen (secondary N) is 2. The third kappa shape index (κ3) is 6.85. The second-order valence-corrected chi connectivity index (χ2v) is 5.73. The molecular weight excluding hydrogens is 276 g/mol. The number of carbonyl (C=O) groups is 1. The Labute approximate surface area is 124 Å². The monoisotopic (exact) mass is 300 g/mol. The standard InChI is InChI=1S/C12H24N6OS/c1-4-5-6-14-11(19)9-20-12-15-16-17-18(12)8-7-13-10(2)3/h10,13H,4-9H2,1-3H3,(H,14,19). The van der Waals surface area contributed by atoms with Crippen molar-refractivity contribution in [2.45, 2.75) is 51.4 Å². The fraction of sp³-hybridized carbons (Fsp3) is 0.833. The molecule has 0 fully saturated rings. The van der Waals surface area contributed by atoms with E-state index >= 15 is 0 Å². The molecule has 0 aliphatic heterocycles. The second-order valence-electron chi connectivity index (χ2n) is 4.79. The van der Waals surface area contributed by atoms with E-state index in [1.54, 1.807) is 4.68 Å². The van der Waals surface area contributed by atoms with Gasteiger partial charge in [0.15, 0.2) is 0 Å². The van der Waals surface area contributed by atoms with E-state index in [1.165, 1.54) is 11.8 Å². The average molecular weight is 300 g/mol. The number of rotatable bonds is 10. The topological polar surface area (TPSA) is 84.7 Å². The third-order valence-electron chi connectivity index (χ3n) is 2.56. The highest BCUT2D eigenvalue weighted by Crippen LogP contribution is 2.12. The lowest BCUT2D eigenvalue weighted by Crippen LogP contribution is -2.28. The van der Waals surface area contributed by atoms with Gasteiger partial charge in [-0.3, -0.25) is 4.79 Å². The number of hydrogen-bond acceptors (Lipinski definition) is 6. The van der Waals surface area contributed by atoms with Gasteiger partial charge in [0.1, 0.15) is 0 Å². The number of tetrazole rings is 1. The molecule has 0 bridgehead atoms. The van der Waals surface area contributed by atoms with E-state index in [0.29, 0.717) is 23.5 Å². The first kappa shape index (κ1) is 16.9. The smallest absolute Gasteiger partial charge is 0.230 e. The highest BCUT2D eigenvalue weighted by molar-refractivity contribution is 7.99. The number of nitrogens with zero attached hydrogens (tertiary/aromatic N) is 4. The molecule has 2 N–H and O–H groups in total. The van der Waals surface area contributed by atoms with Crippen LogP contribution in [0.3, 0.4) is 0 Å². The van der Waals surface area contributed by atoms with Crippen molar-refractivity contribution in [2.24, 2.45) is 0 Å². The highest BCUT2D eigenvalue weighted by Gasteiger charge is 2.09. The fourth-order valence-corrected chi connectivity index (χ4v) is 2.22. The van der Waals surface area contributed by atoms with Gasteiger partial charge >= 0.3 is 0 Å². The van der Waals surface area contributed by atoms with Crippen molar-refractivity contribution in [3.63, 3.8) is 0 Å². The van der Waals surface area contributed by atoms with Gasteiger partial charge in [0, 0.05) is 19.1 Å². The van der Waals surface area contributed by atoms with E-state index in [0.717, 1.165) is 25.9 Å². The molecule has 1 amide bonds. The second kappa shape index (κ2) is 9.71. The summed E-state index contributed by atoms with van der Waals surface area (Å²) in [7, 11) is 0. The van der Waals surface area contributed by atoms with Crippen LogP contribution in [0.2, 0.25) is 0 Å². The molecule has 8 heteroatoms. The van der Waals surface area contributed by atoms with Crippen LogP contribution >= 0.6 is 11.8 Å². The Morgan fingerprint density at radius 2 is 2.20 bits per heavy atom. The number of aromatic nitrogens is 4. The zero-order valence-corrected chi connectivity index (χ0v) is 13.2. The number of unbranched alkanes of at least 4 members (excludes halogenated alkanes) is 1. The highest BCUT2D eigenvalue weighted by atomic mass is 32.2. The van der Waals surface area contributed by atoms with E-state index in [-0.39, 0.29) is 5.91 Å². The molecule has 114 valence electrons. The third-order valence-corrected chi connectivity index (χ3v) is 3.52. The van der Waals surface area contributed by atoms with Gasteiger partial charge in [-0.2, -0.15) is 0 Å². The molecule has 0 aromatic carbocycles. The molecule has 0 radical (unpaired) electrons. The zero-order chi connectivity index (χ0) is 14.8. The van der Waals surface area contributed by atoms with E-state index in [4.69, 9.17) is 0 Å². The molecule has 0 unspecified atom stereocenters. The van der Waals surface area contributed by atoms with E-state index in [1.807, 2.05) is 0 Å². The Bertz CT molecular complexity index is 395. The minimum atomic E-state index is 0.0262. The summed E-state index contributed by atoms with van der Waals surface area (Å²) < 4.78 is 1.72. The molecule has 1 aromatic rings. The van der Waals surface area contributed by atoms with Gasteiger partial charge in [0.25, 0.3) is 0 Å². The molecule has 0 saturated carbocycles. The van der Waals surface area contributed by atoms with E-state index in [9.17, 15) is 4.79 Å². The Morgan fingerprint density at radius 3 is 2.90 bits per heavy atom. The van der Waals surface area contributed by atoms with Crippen LogP contribution in [-0.4, -0.2) is 51.0 Å². The van der Waals surface area contributed by atoms with Crippen LogP contribution in [0.4, 0.5) is 0 Å². The Hall–Kier alpha value is -1.15. The van der Waals surface area contributed by atoms with Gasteiger partial charge in [-0.1, -0.05) is 39.0 Å². The van der Waals surface area contributed by atoms with Crippen LogP contribution in [0.1, 0.15) is 33.6 Å². The predicted molar refractivity (Wildman–Crippen MR) is 79.6 cm³/mol. The molecular formula is C12H24N6OS. The maximum absolute atomic E-state index is 11.6. The van der Waals surface area contributed by atoms with Crippen molar-refractivity contribution >= 4 is 17.7 Å². The van der Waals surface area contributed by atoms with Gasteiger partial charge in [0.05, 0.1) is 12.3 Å². The van der Waals surface area contributed by atoms with Gasteiger partial charge in [-0.15, -0.1) is 5.10 Å². The lowest BCUT2D eigenvalue weighted by atomic mass is 10.3. The molecule has 0 spiro atoms. The van der Waals surface area contributed by atoms with Gasteiger partial charge < -0.3 is 10.6 Å². The summed E-state index contributed by atoms with van der Waals surface area (Å²) in [6.45, 7) is 8.52. The summed E-state index contributed by atoms with van der Waals surface area (Å²) in [5, 5.41) is 18.4. The lowest BCUT2D eigenvalue weighted by Gasteiger charge is -2.08. The summed E-state index contributed by atoms with van der Waals surface area (Å²) in [6.07, 6.45) is 2.09. The first-order valence-corrected chi connectivity index (χ1v) is 8.01. The summed E-state index contributed by atoms with van der Waals surface area (Å²) in [6, 6.07) is 0.437. The summed E-state index contributed by atoms with van der Waals surface area (Å²) >= 11 is 1.37. The normalized spacial score (nSPS) is 11.0. The van der Waals surface area contributed by atoms with Crippen molar-refractivity contribution in [1.29, 1.82) is 0 Å². The van der Waals surface area contributed by atoms with Crippen molar-refractivity contribution in [2.75, 3.05) is 18.8 Å². The largest absolute Gasteiger partial charge is 0.355 e. The summed E-state index contributed by atoms with van der Waals surface area (Å²) in [4.78, 5) is 11.6.